The van der Waals surface area contributed by atoms with Gasteiger partial charge in [-0.3, -0.25) is 4.79 Å². The van der Waals surface area contributed by atoms with E-state index in [0.29, 0.717) is 19.3 Å². The van der Waals surface area contributed by atoms with Gasteiger partial charge in [-0.1, -0.05) is 32.1 Å². The maximum Gasteiger partial charge on any atom is 0.309 e. The van der Waals surface area contributed by atoms with Crippen LogP contribution in [0.1, 0.15) is 52.0 Å². The van der Waals surface area contributed by atoms with E-state index in [-0.39, 0.29) is 17.7 Å². The van der Waals surface area contributed by atoms with Crippen molar-refractivity contribution in [3.8, 4) is 0 Å². The molecule has 1 heterocycles. The smallest absolute Gasteiger partial charge is 0.309 e. The highest BCUT2D eigenvalue weighted by atomic mass is 19.1. The van der Waals surface area contributed by atoms with Crippen LogP contribution in [0.3, 0.4) is 0 Å². The fourth-order valence-corrected chi connectivity index (χ4v) is 4.36. The fourth-order valence-electron chi connectivity index (χ4n) is 4.36. The molecule has 2 N–H and O–H groups in total. The zero-order valence-electron chi connectivity index (χ0n) is 16.0. The summed E-state index contributed by atoms with van der Waals surface area (Å²) in [5.41, 5.74) is 1.66. The number of ether oxygens (including phenoxy) is 1. The number of allylic oxidation sites excluding steroid dienone is 2. The molecule has 1 saturated heterocycles. The number of rotatable bonds is 3. The van der Waals surface area contributed by atoms with Gasteiger partial charge < -0.3 is 14.9 Å². The average molecular weight is 374 g/mol. The van der Waals surface area contributed by atoms with Gasteiger partial charge in [0.2, 0.25) is 0 Å². The number of hydrogen-bond donors (Lipinski definition) is 2. The van der Waals surface area contributed by atoms with Crippen LogP contribution in [0.15, 0.2) is 42.0 Å². The number of hydrogen-bond acceptors (Lipinski definition) is 4. The first kappa shape index (κ1) is 19.8. The molecule has 0 aromatic heterocycles. The third-order valence-electron chi connectivity index (χ3n) is 5.29. The van der Waals surface area contributed by atoms with Gasteiger partial charge >= 0.3 is 5.97 Å². The molecule has 146 valence electrons. The molecule has 1 unspecified atom stereocenters. The van der Waals surface area contributed by atoms with E-state index >= 15 is 0 Å². The number of carbonyl (C=O) groups excluding carboxylic acids is 1. The van der Waals surface area contributed by atoms with Crippen molar-refractivity contribution < 1.29 is 24.1 Å². The second-order valence-electron chi connectivity index (χ2n) is 8.61. The van der Waals surface area contributed by atoms with Crippen LogP contribution in [0.5, 0.6) is 0 Å². The van der Waals surface area contributed by atoms with Gasteiger partial charge in [0.1, 0.15) is 11.9 Å². The zero-order chi connectivity index (χ0) is 19.8. The first-order valence-electron chi connectivity index (χ1n) is 9.33. The zero-order valence-corrected chi connectivity index (χ0v) is 16.0. The fraction of sp³-hybridized carbons (Fsp3) is 0.500. The maximum atomic E-state index is 13.4. The average Bonchev–Trinajstić information content (AvgIpc) is 2.51. The third-order valence-corrected chi connectivity index (χ3v) is 5.29. The van der Waals surface area contributed by atoms with Crippen molar-refractivity contribution >= 4 is 11.5 Å². The molecular formula is C22H27FO4. The van der Waals surface area contributed by atoms with Crippen molar-refractivity contribution in [2.45, 2.75) is 64.3 Å². The van der Waals surface area contributed by atoms with E-state index in [1.54, 1.807) is 18.2 Å². The first-order valence-corrected chi connectivity index (χ1v) is 9.33. The predicted molar refractivity (Wildman–Crippen MR) is 101 cm³/mol. The molecule has 5 heteroatoms. The number of carbonyl (C=O) groups is 1. The lowest BCUT2D eigenvalue weighted by molar-refractivity contribution is -0.156. The second-order valence-corrected chi connectivity index (χ2v) is 8.61. The lowest BCUT2D eigenvalue weighted by Gasteiger charge is -2.42. The molecule has 0 amide bonds. The lowest BCUT2D eigenvalue weighted by atomic mass is 9.65. The summed E-state index contributed by atoms with van der Waals surface area (Å²) in [7, 11) is 0. The van der Waals surface area contributed by atoms with Crippen molar-refractivity contribution in [3.63, 3.8) is 0 Å². The van der Waals surface area contributed by atoms with Crippen molar-refractivity contribution in [2.24, 2.45) is 5.41 Å². The van der Waals surface area contributed by atoms with Gasteiger partial charge in [-0.05, 0) is 53.7 Å². The van der Waals surface area contributed by atoms with E-state index in [1.807, 2.05) is 13.0 Å². The van der Waals surface area contributed by atoms with Crippen molar-refractivity contribution in [1.29, 1.82) is 0 Å². The standard InChI is InChI=1S/C22H27FO4/c1-21(2)13-22(3,26)12-18(14-4-6-15(23)7-5-14)19(21)9-8-17-10-16(24)11-20(25)27-17/h4-9,16-17,24,26H,10-13H2,1-3H3/t16-,17-,22?/m1/s1. The summed E-state index contributed by atoms with van der Waals surface area (Å²) in [6.45, 7) is 5.94. The maximum absolute atomic E-state index is 13.4. The topological polar surface area (TPSA) is 66.8 Å². The van der Waals surface area contributed by atoms with Gasteiger partial charge in [0, 0.05) is 12.8 Å². The van der Waals surface area contributed by atoms with Gasteiger partial charge in [-0.15, -0.1) is 0 Å². The molecular weight excluding hydrogens is 347 g/mol. The van der Waals surface area contributed by atoms with E-state index in [2.05, 4.69) is 13.8 Å². The minimum atomic E-state index is -0.863. The van der Waals surface area contributed by atoms with Crippen LogP contribution < -0.4 is 0 Å². The Labute approximate surface area is 159 Å². The largest absolute Gasteiger partial charge is 0.458 e. The number of benzene rings is 1. The van der Waals surface area contributed by atoms with Gasteiger partial charge in [-0.2, -0.15) is 0 Å². The first-order chi connectivity index (χ1) is 12.6. The summed E-state index contributed by atoms with van der Waals surface area (Å²) in [5, 5.41) is 20.6. The van der Waals surface area contributed by atoms with Crippen LogP contribution >= 0.6 is 0 Å². The Hall–Kier alpha value is -1.98. The molecule has 1 aliphatic carbocycles. The molecule has 4 nitrogen and oxygen atoms in total. The molecule has 27 heavy (non-hydrogen) atoms. The summed E-state index contributed by atoms with van der Waals surface area (Å²) < 4.78 is 18.7. The van der Waals surface area contributed by atoms with Gasteiger partial charge in [-0.25, -0.2) is 4.39 Å². The Bertz CT molecular complexity index is 774. The summed E-state index contributed by atoms with van der Waals surface area (Å²) in [5.74, 6) is -0.705. The van der Waals surface area contributed by atoms with Gasteiger partial charge in [0.05, 0.1) is 18.1 Å². The Balaban J connectivity index is 2.00. The summed E-state index contributed by atoms with van der Waals surface area (Å²) in [4.78, 5) is 11.6. The molecule has 1 aromatic carbocycles. The Morgan fingerprint density at radius 3 is 2.52 bits per heavy atom. The van der Waals surface area contributed by atoms with Crippen LogP contribution in [-0.4, -0.2) is 34.0 Å². The van der Waals surface area contributed by atoms with Crippen molar-refractivity contribution in [3.05, 3.63) is 53.4 Å². The van der Waals surface area contributed by atoms with E-state index in [4.69, 9.17) is 4.74 Å². The molecule has 3 atom stereocenters. The SMILES string of the molecule is CC1(O)CC(c2ccc(F)cc2)=C(C=C[C@@H]2C[C@@H](O)CC(=O)O2)C(C)(C)C1. The number of esters is 1. The van der Waals surface area contributed by atoms with E-state index < -0.39 is 23.8 Å². The van der Waals surface area contributed by atoms with Crippen molar-refractivity contribution in [2.75, 3.05) is 0 Å². The summed E-state index contributed by atoms with van der Waals surface area (Å²) >= 11 is 0. The molecule has 0 bridgehead atoms. The highest BCUT2D eigenvalue weighted by Crippen LogP contribution is 2.48. The number of aliphatic hydroxyl groups is 2. The molecule has 0 radical (unpaired) electrons. The lowest BCUT2D eigenvalue weighted by Crippen LogP contribution is -2.37. The monoisotopic (exact) mass is 374 g/mol. The van der Waals surface area contributed by atoms with E-state index in [1.165, 1.54) is 12.1 Å². The van der Waals surface area contributed by atoms with Crippen molar-refractivity contribution in [1.82, 2.24) is 0 Å². The van der Waals surface area contributed by atoms with Crippen LogP contribution in [-0.2, 0) is 9.53 Å². The van der Waals surface area contributed by atoms with E-state index in [0.717, 1.165) is 16.7 Å². The Morgan fingerprint density at radius 1 is 1.22 bits per heavy atom. The predicted octanol–water partition coefficient (Wildman–Crippen LogP) is 3.77. The van der Waals surface area contributed by atoms with Gasteiger partial charge in [0.25, 0.3) is 0 Å². The van der Waals surface area contributed by atoms with Crippen LogP contribution in [0.25, 0.3) is 5.57 Å². The molecule has 3 rings (SSSR count). The van der Waals surface area contributed by atoms with Crippen LogP contribution in [0.2, 0.25) is 0 Å². The van der Waals surface area contributed by atoms with Gasteiger partial charge in [0.15, 0.2) is 0 Å². The Morgan fingerprint density at radius 2 is 1.89 bits per heavy atom. The van der Waals surface area contributed by atoms with E-state index in [9.17, 15) is 19.4 Å². The summed E-state index contributed by atoms with van der Waals surface area (Å²) in [6.07, 6.45) is 4.02. The molecule has 1 aromatic rings. The highest BCUT2D eigenvalue weighted by molar-refractivity contribution is 5.74. The number of aliphatic hydroxyl groups excluding tert-OH is 1. The highest BCUT2D eigenvalue weighted by Gasteiger charge is 2.40. The van der Waals surface area contributed by atoms with Crippen LogP contribution in [0.4, 0.5) is 4.39 Å². The second kappa shape index (κ2) is 7.21. The van der Waals surface area contributed by atoms with Crippen LogP contribution in [0, 0.1) is 11.2 Å². The quantitative estimate of drug-likeness (QED) is 0.791. The molecule has 0 spiro atoms. The molecule has 1 fully saturated rings. The normalized spacial score (nSPS) is 31.3. The minimum Gasteiger partial charge on any atom is -0.458 e. The molecule has 2 aliphatic rings. The molecule has 0 saturated carbocycles. The molecule has 1 aliphatic heterocycles. The summed E-state index contributed by atoms with van der Waals surface area (Å²) in [6, 6.07) is 6.28. The minimum absolute atomic E-state index is 0.0300. The number of cyclic esters (lactones) is 1. The number of halogens is 1. The Kier molecular flexibility index (Phi) is 5.28. The third kappa shape index (κ3) is 4.66.